The summed E-state index contributed by atoms with van der Waals surface area (Å²) in [7, 11) is 1.44. The number of halogens is 3. The summed E-state index contributed by atoms with van der Waals surface area (Å²) in [6.07, 6.45) is 0.539. The van der Waals surface area contributed by atoms with Gasteiger partial charge in [0.25, 0.3) is 5.91 Å². The van der Waals surface area contributed by atoms with Crippen LogP contribution in [0.25, 0.3) is 0 Å². The largest absolute Gasteiger partial charge is 0.401 e. The van der Waals surface area contributed by atoms with E-state index in [9.17, 15) is 28.0 Å². The molecule has 0 aromatic carbocycles. The van der Waals surface area contributed by atoms with E-state index in [-0.39, 0.29) is 35.7 Å². The quantitative estimate of drug-likeness (QED) is 0.694. The van der Waals surface area contributed by atoms with E-state index < -0.39 is 24.2 Å². The monoisotopic (exact) mass is 426 g/mol. The number of hydrogen-bond acceptors (Lipinski definition) is 5. The summed E-state index contributed by atoms with van der Waals surface area (Å²) >= 11 is 0. The predicted molar refractivity (Wildman–Crippen MR) is 101 cm³/mol. The van der Waals surface area contributed by atoms with Gasteiger partial charge in [0.15, 0.2) is 5.82 Å². The van der Waals surface area contributed by atoms with Crippen LogP contribution in [0.2, 0.25) is 0 Å². The number of carbonyl (C=O) groups is 2. The fourth-order valence-corrected chi connectivity index (χ4v) is 4.08. The summed E-state index contributed by atoms with van der Waals surface area (Å²) in [6.45, 7) is -0.992. The van der Waals surface area contributed by atoms with Crippen molar-refractivity contribution in [2.75, 3.05) is 18.9 Å². The first kappa shape index (κ1) is 22.1. The molecule has 0 aliphatic heterocycles. The SMILES string of the molecule is CN(CC(F)(F)F)[C@H]1CC[C@](CC#N)(n2cc(C(N)=O)c(NC(=O)C3CC3)n2)CC1. The maximum atomic E-state index is 12.7. The van der Waals surface area contributed by atoms with Crippen molar-refractivity contribution in [1.82, 2.24) is 14.7 Å². The Kier molecular flexibility index (Phi) is 6.08. The summed E-state index contributed by atoms with van der Waals surface area (Å²) in [5.41, 5.74) is 4.73. The molecule has 0 saturated heterocycles. The fourth-order valence-electron chi connectivity index (χ4n) is 4.08. The van der Waals surface area contributed by atoms with Gasteiger partial charge in [0.05, 0.1) is 24.6 Å². The van der Waals surface area contributed by atoms with E-state index in [0.717, 1.165) is 12.8 Å². The van der Waals surface area contributed by atoms with Crippen molar-refractivity contribution in [3.63, 3.8) is 0 Å². The number of anilines is 1. The third-order valence-corrected chi connectivity index (χ3v) is 6.00. The topological polar surface area (TPSA) is 117 Å². The molecule has 30 heavy (non-hydrogen) atoms. The van der Waals surface area contributed by atoms with Crippen LogP contribution < -0.4 is 11.1 Å². The third-order valence-electron chi connectivity index (χ3n) is 6.00. The summed E-state index contributed by atoms with van der Waals surface area (Å²) in [4.78, 5) is 25.3. The molecule has 3 rings (SSSR count). The minimum atomic E-state index is -4.27. The number of nitrogens with one attached hydrogen (secondary N) is 1. The molecule has 2 saturated carbocycles. The first-order chi connectivity index (χ1) is 14.0. The maximum absolute atomic E-state index is 12.7. The third kappa shape index (κ3) is 4.92. The number of nitrogens with zero attached hydrogens (tertiary/aromatic N) is 4. The first-order valence-corrected chi connectivity index (χ1v) is 9.89. The smallest absolute Gasteiger partial charge is 0.365 e. The molecule has 1 heterocycles. The Morgan fingerprint density at radius 2 is 2.00 bits per heavy atom. The highest BCUT2D eigenvalue weighted by molar-refractivity contribution is 6.02. The highest BCUT2D eigenvalue weighted by Gasteiger charge is 2.41. The molecule has 0 spiro atoms. The van der Waals surface area contributed by atoms with Crippen LogP contribution in [0.1, 0.15) is 55.3 Å². The van der Waals surface area contributed by atoms with Gasteiger partial charge < -0.3 is 11.1 Å². The minimum Gasteiger partial charge on any atom is -0.365 e. The molecule has 0 unspecified atom stereocenters. The van der Waals surface area contributed by atoms with Gasteiger partial charge in [-0.3, -0.25) is 19.2 Å². The van der Waals surface area contributed by atoms with Crippen molar-refractivity contribution in [1.29, 1.82) is 5.26 Å². The number of primary amides is 1. The molecule has 11 heteroatoms. The number of amides is 2. The van der Waals surface area contributed by atoms with E-state index in [2.05, 4.69) is 16.5 Å². The van der Waals surface area contributed by atoms with Crippen molar-refractivity contribution in [2.45, 2.75) is 62.7 Å². The highest BCUT2D eigenvalue weighted by atomic mass is 19.4. The molecule has 0 bridgehead atoms. The zero-order valence-corrected chi connectivity index (χ0v) is 16.7. The van der Waals surface area contributed by atoms with Gasteiger partial charge in [-0.25, -0.2) is 0 Å². The van der Waals surface area contributed by atoms with E-state index in [1.165, 1.54) is 22.8 Å². The Balaban J connectivity index is 1.80. The molecule has 3 N–H and O–H groups in total. The lowest BCUT2D eigenvalue weighted by atomic mass is 9.77. The van der Waals surface area contributed by atoms with Crippen LogP contribution in [0.5, 0.6) is 0 Å². The van der Waals surface area contributed by atoms with Gasteiger partial charge in [0, 0.05) is 18.2 Å². The van der Waals surface area contributed by atoms with Gasteiger partial charge in [-0.2, -0.15) is 23.5 Å². The van der Waals surface area contributed by atoms with Crippen molar-refractivity contribution in [2.24, 2.45) is 11.7 Å². The van der Waals surface area contributed by atoms with Crippen LogP contribution in [0.3, 0.4) is 0 Å². The normalized spacial score (nSPS) is 24.5. The van der Waals surface area contributed by atoms with Gasteiger partial charge in [0.1, 0.15) is 5.56 Å². The second-order valence-electron chi connectivity index (χ2n) is 8.28. The van der Waals surface area contributed by atoms with Crippen LogP contribution in [-0.4, -0.2) is 52.3 Å². The average molecular weight is 426 g/mol. The van der Waals surface area contributed by atoms with E-state index in [1.54, 1.807) is 0 Å². The number of carbonyl (C=O) groups excluding carboxylic acids is 2. The standard InChI is InChI=1S/C19H25F3N6O2/c1-27(11-19(20,21)22)13-4-6-18(7-5-13,8-9-23)28-10-14(15(24)29)16(26-28)25-17(30)12-2-3-12/h10,12-13H,2-8,11H2,1H3,(H2,24,29)(H,25,26,30)/t13-,18-. The summed E-state index contributed by atoms with van der Waals surface area (Å²) in [5, 5.41) is 16.4. The lowest BCUT2D eigenvalue weighted by Gasteiger charge is -2.41. The second-order valence-corrected chi connectivity index (χ2v) is 8.28. The zero-order valence-electron chi connectivity index (χ0n) is 16.7. The fraction of sp³-hybridized carbons (Fsp3) is 0.684. The van der Waals surface area contributed by atoms with Gasteiger partial charge >= 0.3 is 6.18 Å². The minimum absolute atomic E-state index is 0.0534. The van der Waals surface area contributed by atoms with Gasteiger partial charge in [-0.05, 0) is 45.6 Å². The van der Waals surface area contributed by atoms with Gasteiger partial charge in [-0.15, -0.1) is 0 Å². The molecule has 0 radical (unpaired) electrons. The van der Waals surface area contributed by atoms with Crippen molar-refractivity contribution in [3.8, 4) is 6.07 Å². The average Bonchev–Trinajstić information content (AvgIpc) is 3.41. The molecule has 0 atom stereocenters. The molecule has 164 valence electrons. The Bertz CT molecular complexity index is 847. The van der Waals surface area contributed by atoms with Crippen LogP contribution in [0, 0.1) is 17.2 Å². The molecule has 2 amide bonds. The van der Waals surface area contributed by atoms with Crippen molar-refractivity contribution >= 4 is 17.6 Å². The summed E-state index contributed by atoms with van der Waals surface area (Å²) in [6, 6.07) is 1.86. The Morgan fingerprint density at radius 1 is 1.37 bits per heavy atom. The van der Waals surface area contributed by atoms with Gasteiger partial charge in [0.2, 0.25) is 5.91 Å². The van der Waals surface area contributed by atoms with Crippen LogP contribution >= 0.6 is 0 Å². The molecule has 2 aliphatic carbocycles. The molecule has 2 aliphatic rings. The van der Waals surface area contributed by atoms with Crippen molar-refractivity contribution in [3.05, 3.63) is 11.8 Å². The molecule has 1 aromatic heterocycles. The Labute approximate surface area is 172 Å². The maximum Gasteiger partial charge on any atom is 0.401 e. The Hall–Kier alpha value is -2.61. The molecule has 8 nitrogen and oxygen atoms in total. The van der Waals surface area contributed by atoms with Crippen molar-refractivity contribution < 1.29 is 22.8 Å². The number of nitrogens with two attached hydrogens (primary N) is 1. The van der Waals surface area contributed by atoms with Crippen LogP contribution in [0.15, 0.2) is 6.20 Å². The number of aromatic nitrogens is 2. The van der Waals surface area contributed by atoms with E-state index in [4.69, 9.17) is 5.73 Å². The number of hydrogen-bond donors (Lipinski definition) is 2. The zero-order chi connectivity index (χ0) is 22.1. The van der Waals surface area contributed by atoms with Crippen LogP contribution in [-0.2, 0) is 10.3 Å². The summed E-state index contributed by atoms with van der Waals surface area (Å²) in [5.74, 6) is -1.01. The first-order valence-electron chi connectivity index (χ1n) is 9.89. The summed E-state index contributed by atoms with van der Waals surface area (Å²) < 4.78 is 39.6. The highest BCUT2D eigenvalue weighted by Crippen LogP contribution is 2.40. The number of alkyl halides is 3. The van der Waals surface area contributed by atoms with E-state index >= 15 is 0 Å². The molecule has 1 aromatic rings. The lowest BCUT2D eigenvalue weighted by molar-refractivity contribution is -0.149. The number of nitriles is 1. The van der Waals surface area contributed by atoms with E-state index in [1.807, 2.05) is 0 Å². The van der Waals surface area contributed by atoms with E-state index in [0.29, 0.717) is 25.7 Å². The van der Waals surface area contributed by atoms with Crippen LogP contribution in [0.4, 0.5) is 19.0 Å². The Morgan fingerprint density at radius 3 is 2.50 bits per heavy atom. The lowest BCUT2D eigenvalue weighted by Crippen LogP contribution is -2.46. The predicted octanol–water partition coefficient (Wildman–Crippen LogP) is 2.38. The molecule has 2 fully saturated rings. The molecular formula is C19H25F3N6O2. The van der Waals surface area contributed by atoms with Gasteiger partial charge in [-0.1, -0.05) is 0 Å². The molecular weight excluding hydrogens is 401 g/mol. The second kappa shape index (κ2) is 8.26. The number of rotatable bonds is 7.